The predicted molar refractivity (Wildman–Crippen MR) is 352 cm³/mol. The Bertz CT molecular complexity index is 957. The van der Waals surface area contributed by atoms with Gasteiger partial charge in [0.2, 0.25) is 0 Å². The van der Waals surface area contributed by atoms with Gasteiger partial charge in [0.15, 0.2) is 0 Å². The molecule has 2 heteroatoms. The summed E-state index contributed by atoms with van der Waals surface area (Å²) in [4.78, 5) is 0. The molecule has 0 aromatic carbocycles. The molecule has 0 aliphatic rings. The van der Waals surface area contributed by atoms with Crippen LogP contribution in [0.25, 0.3) is 0 Å². The highest BCUT2D eigenvalue weighted by molar-refractivity contribution is 4.86. The molecule has 0 radical (unpaired) electrons. The summed E-state index contributed by atoms with van der Waals surface area (Å²) in [6.45, 7) is 15.7. The summed E-state index contributed by atoms with van der Waals surface area (Å²) in [5, 5.41) is 0. The molecule has 0 saturated heterocycles. The molecule has 0 aliphatic heterocycles. The van der Waals surface area contributed by atoms with Crippen LogP contribution in [0.1, 0.15) is 459 Å². The van der Waals surface area contributed by atoms with Crippen molar-refractivity contribution >= 4 is 0 Å². The highest BCUT2D eigenvalue weighted by Crippen LogP contribution is 2.44. The van der Waals surface area contributed by atoms with E-state index in [2.05, 4.69) is 48.6 Å². The van der Waals surface area contributed by atoms with Gasteiger partial charge < -0.3 is 21.5 Å². The molecule has 0 aliphatic carbocycles. The number of nitrogens with zero attached hydrogens (tertiary/aromatic N) is 1. The monoisotopic (exact) mass is 1150 g/mol. The molecule has 0 saturated carbocycles. The molecular formula is C75H154BrN. The Hall–Kier alpha value is 0.440. The minimum absolute atomic E-state index is 0. The van der Waals surface area contributed by atoms with Crippen molar-refractivity contribution in [2.75, 3.05) is 13.6 Å². The molecule has 1 atom stereocenters. The van der Waals surface area contributed by atoms with Gasteiger partial charge in [-0.1, -0.05) is 382 Å². The maximum Gasteiger partial charge on any atom is 0.0992 e. The van der Waals surface area contributed by atoms with E-state index in [0.717, 1.165) is 6.04 Å². The first-order valence-electron chi connectivity index (χ1n) is 37.4. The summed E-state index contributed by atoms with van der Waals surface area (Å²) in [5.41, 5.74) is 0.460. The van der Waals surface area contributed by atoms with E-state index in [1.807, 2.05) is 0 Å². The summed E-state index contributed by atoms with van der Waals surface area (Å²) in [6, 6.07) is 0.857. The van der Waals surface area contributed by atoms with E-state index in [1.54, 1.807) is 0 Å². The van der Waals surface area contributed by atoms with Crippen molar-refractivity contribution in [2.24, 2.45) is 0 Å². The summed E-state index contributed by atoms with van der Waals surface area (Å²) in [7, 11) is 2.98. The van der Waals surface area contributed by atoms with Crippen molar-refractivity contribution < 1.29 is 21.5 Å². The Morgan fingerprint density at radius 3 is 0.558 bits per heavy atom. The number of hydrogen-bond donors (Lipinski definition) is 0. The van der Waals surface area contributed by atoms with Crippen molar-refractivity contribution in [3.63, 3.8) is 0 Å². The number of unbranched alkanes of at least 4 members (excludes halogenated alkanes) is 54. The van der Waals surface area contributed by atoms with Gasteiger partial charge in [-0.05, 0) is 57.8 Å². The summed E-state index contributed by atoms with van der Waals surface area (Å²) < 4.78 is 1.46. The molecule has 0 bridgehead atoms. The van der Waals surface area contributed by atoms with E-state index >= 15 is 0 Å². The van der Waals surface area contributed by atoms with E-state index < -0.39 is 0 Å². The second kappa shape index (κ2) is 65.6. The van der Waals surface area contributed by atoms with Crippen LogP contribution in [0.15, 0.2) is 0 Å². The molecule has 77 heavy (non-hydrogen) atoms. The molecule has 1 unspecified atom stereocenters. The third kappa shape index (κ3) is 50.7. The molecule has 0 spiro atoms. The molecule has 0 aromatic heterocycles. The third-order valence-electron chi connectivity index (χ3n) is 19.6. The molecule has 466 valence electrons. The first kappa shape index (κ1) is 79.5. The molecule has 0 aromatic rings. The van der Waals surface area contributed by atoms with E-state index in [-0.39, 0.29) is 17.0 Å². The van der Waals surface area contributed by atoms with E-state index in [4.69, 9.17) is 0 Å². The average molecular weight is 1150 g/mol. The lowest BCUT2D eigenvalue weighted by atomic mass is 9.75. The van der Waals surface area contributed by atoms with E-state index in [1.165, 1.54) is 428 Å². The van der Waals surface area contributed by atoms with Crippen molar-refractivity contribution in [1.82, 2.24) is 0 Å². The first-order valence-corrected chi connectivity index (χ1v) is 37.4. The quantitative estimate of drug-likeness (QED) is 0.0421. The molecule has 0 fully saturated rings. The Morgan fingerprint density at radius 1 is 0.208 bits per heavy atom. The van der Waals surface area contributed by atoms with Gasteiger partial charge >= 0.3 is 0 Å². The van der Waals surface area contributed by atoms with Crippen LogP contribution in [0.3, 0.4) is 0 Å². The molecule has 0 rings (SSSR count). The first-order chi connectivity index (χ1) is 37.5. The Kier molecular flexibility index (Phi) is 67.7. The molecule has 1 nitrogen and oxygen atoms in total. The van der Waals surface area contributed by atoms with Crippen LogP contribution in [0, 0.1) is 0 Å². The second-order valence-electron chi connectivity index (χ2n) is 26.8. The maximum atomic E-state index is 2.98. The lowest BCUT2D eigenvalue weighted by molar-refractivity contribution is -0.983. The lowest BCUT2D eigenvalue weighted by Gasteiger charge is -2.57. The van der Waals surface area contributed by atoms with E-state index in [0.29, 0.717) is 5.54 Å². The summed E-state index contributed by atoms with van der Waals surface area (Å²) in [6.07, 6.45) is 95.6. The second-order valence-corrected chi connectivity index (χ2v) is 26.8. The molecular weight excluding hydrogens is 995 g/mol. The highest BCUT2D eigenvalue weighted by atomic mass is 79.9. The average Bonchev–Trinajstić information content (AvgIpc) is 3.43. The van der Waals surface area contributed by atoms with Crippen molar-refractivity contribution in [3.8, 4) is 0 Å². The zero-order chi connectivity index (χ0) is 55.2. The Labute approximate surface area is 502 Å². The standard InChI is InChI=1S/C75H154N.BrH/c1-8-14-20-26-32-38-44-50-56-62-68-74(69-63-57-51-45-39-33-27-21-15-9-2)76(7,73-67-61-55-49-43-37-31-25-19-13-6)75(70-64-58-52-46-40-34-28-22-16-10-3,71-65-59-53-47-41-35-29-23-17-11-4)72-66-60-54-48-42-36-30-24-18-12-5;/h74H,8-73H2,1-7H3;1H/q+1;/p-1. The largest absolute Gasteiger partial charge is 1.00 e. The predicted octanol–water partition coefficient (Wildman–Crippen LogP) is 25.0. The van der Waals surface area contributed by atoms with Crippen LogP contribution in [-0.4, -0.2) is 29.7 Å². The Morgan fingerprint density at radius 2 is 0.364 bits per heavy atom. The number of quaternary nitrogens is 1. The lowest BCUT2D eigenvalue weighted by Crippen LogP contribution is -3.00. The van der Waals surface area contributed by atoms with Crippen LogP contribution in [-0.2, 0) is 0 Å². The van der Waals surface area contributed by atoms with Gasteiger partial charge in [0.05, 0.1) is 25.2 Å². The fourth-order valence-electron chi connectivity index (χ4n) is 14.1. The van der Waals surface area contributed by atoms with Crippen LogP contribution in [0.5, 0.6) is 0 Å². The minimum atomic E-state index is 0. The molecule has 0 N–H and O–H groups in total. The number of rotatable bonds is 68. The van der Waals surface area contributed by atoms with Crippen molar-refractivity contribution in [2.45, 2.75) is 470 Å². The topological polar surface area (TPSA) is 0 Å². The van der Waals surface area contributed by atoms with Crippen LogP contribution in [0.4, 0.5) is 0 Å². The molecule has 0 amide bonds. The fourth-order valence-corrected chi connectivity index (χ4v) is 14.1. The normalized spacial score (nSPS) is 12.8. The minimum Gasteiger partial charge on any atom is -1.00 e. The Balaban J connectivity index is 0. The van der Waals surface area contributed by atoms with Crippen molar-refractivity contribution in [1.29, 1.82) is 0 Å². The van der Waals surface area contributed by atoms with Gasteiger partial charge in [0, 0.05) is 19.3 Å². The third-order valence-corrected chi connectivity index (χ3v) is 19.6. The van der Waals surface area contributed by atoms with Crippen LogP contribution < -0.4 is 17.0 Å². The number of halogens is 1. The smallest absolute Gasteiger partial charge is 0.0992 e. The van der Waals surface area contributed by atoms with Crippen LogP contribution >= 0.6 is 0 Å². The zero-order valence-corrected chi connectivity index (χ0v) is 57.2. The van der Waals surface area contributed by atoms with Gasteiger partial charge in [-0.15, -0.1) is 0 Å². The van der Waals surface area contributed by atoms with Gasteiger partial charge in [-0.25, -0.2) is 0 Å². The zero-order valence-electron chi connectivity index (χ0n) is 55.6. The van der Waals surface area contributed by atoms with Gasteiger partial charge in [0.25, 0.3) is 0 Å². The van der Waals surface area contributed by atoms with Crippen LogP contribution in [0.2, 0.25) is 0 Å². The van der Waals surface area contributed by atoms with Crippen molar-refractivity contribution in [3.05, 3.63) is 0 Å². The molecule has 0 heterocycles. The SMILES string of the molecule is CCCCCCCCCCCCC(CCCCCCCCCCCC)[N+](C)(CCCCCCCCCCCC)C(CCCCCCCCCCCC)(CCCCCCCCCCCC)CCCCCCCCCCCC.[Br-]. The van der Waals surface area contributed by atoms with Gasteiger partial charge in [0.1, 0.15) is 0 Å². The van der Waals surface area contributed by atoms with E-state index in [9.17, 15) is 0 Å². The number of hydrogen-bond acceptors (Lipinski definition) is 0. The maximum absolute atomic E-state index is 2.98. The summed E-state index contributed by atoms with van der Waals surface area (Å²) >= 11 is 0. The van der Waals surface area contributed by atoms with Gasteiger partial charge in [-0.2, -0.15) is 0 Å². The summed E-state index contributed by atoms with van der Waals surface area (Å²) in [5.74, 6) is 0. The van der Waals surface area contributed by atoms with Gasteiger partial charge in [-0.3, -0.25) is 0 Å². The fraction of sp³-hybridized carbons (Fsp3) is 1.00. The highest BCUT2D eigenvalue weighted by Gasteiger charge is 2.50.